The second kappa shape index (κ2) is 6.22. The first-order chi connectivity index (χ1) is 9.24. The van der Waals surface area contributed by atoms with Crippen LogP contribution in [-0.2, 0) is 16.1 Å². The van der Waals surface area contributed by atoms with Gasteiger partial charge in [-0.3, -0.25) is 10.1 Å². The van der Waals surface area contributed by atoms with Gasteiger partial charge in [-0.1, -0.05) is 30.3 Å². The van der Waals surface area contributed by atoms with Crippen molar-refractivity contribution < 1.29 is 14.3 Å². The third kappa shape index (κ3) is 3.71. The molecule has 1 aromatic rings. The van der Waals surface area contributed by atoms with Crippen LogP contribution in [0.2, 0.25) is 0 Å². The predicted octanol–water partition coefficient (Wildman–Crippen LogP) is 1.93. The Bertz CT molecular complexity index is 428. The fourth-order valence-corrected chi connectivity index (χ4v) is 2.35. The highest BCUT2D eigenvalue weighted by Gasteiger charge is 2.35. The van der Waals surface area contributed by atoms with Gasteiger partial charge < -0.3 is 10.1 Å². The highest BCUT2D eigenvalue weighted by atomic mass is 16.5. The van der Waals surface area contributed by atoms with E-state index in [0.717, 1.165) is 31.2 Å². The van der Waals surface area contributed by atoms with Crippen molar-refractivity contribution in [3.8, 4) is 0 Å². The van der Waals surface area contributed by atoms with Crippen LogP contribution < -0.4 is 10.6 Å². The second-order valence-corrected chi connectivity index (χ2v) is 4.74. The molecule has 2 N–H and O–H groups in total. The summed E-state index contributed by atoms with van der Waals surface area (Å²) in [6.45, 7) is 0.226. The molecule has 0 unspecified atom stereocenters. The van der Waals surface area contributed by atoms with Gasteiger partial charge in [-0.25, -0.2) is 4.79 Å². The Morgan fingerprint density at radius 3 is 2.58 bits per heavy atom. The number of carbonyl (C=O) groups excluding carboxylic acids is 2. The van der Waals surface area contributed by atoms with Gasteiger partial charge in [0.1, 0.15) is 12.3 Å². The zero-order valence-electron chi connectivity index (χ0n) is 10.7. The van der Waals surface area contributed by atoms with E-state index in [1.165, 1.54) is 0 Å². The second-order valence-electron chi connectivity index (χ2n) is 4.74. The average Bonchev–Trinajstić information content (AvgIpc) is 2.86. The SMILES string of the molecule is O=CNC1(NC(=O)OCc2ccccc2)CCCC1. The quantitative estimate of drug-likeness (QED) is 0.629. The van der Waals surface area contributed by atoms with Crippen molar-refractivity contribution in [2.75, 3.05) is 0 Å². The molecule has 1 fully saturated rings. The highest BCUT2D eigenvalue weighted by Crippen LogP contribution is 2.26. The molecule has 5 heteroatoms. The maximum Gasteiger partial charge on any atom is 0.409 e. The lowest BCUT2D eigenvalue weighted by molar-refractivity contribution is -0.111. The minimum Gasteiger partial charge on any atom is -0.445 e. The maximum atomic E-state index is 11.8. The molecule has 0 atom stereocenters. The first-order valence-electron chi connectivity index (χ1n) is 6.44. The van der Waals surface area contributed by atoms with Crippen molar-refractivity contribution in [3.63, 3.8) is 0 Å². The molecule has 0 spiro atoms. The summed E-state index contributed by atoms with van der Waals surface area (Å²) in [7, 11) is 0. The van der Waals surface area contributed by atoms with Crippen LogP contribution >= 0.6 is 0 Å². The lowest BCUT2D eigenvalue weighted by Gasteiger charge is -2.29. The Morgan fingerprint density at radius 2 is 1.95 bits per heavy atom. The number of hydrogen-bond acceptors (Lipinski definition) is 3. The van der Waals surface area contributed by atoms with Crippen LogP contribution in [0.4, 0.5) is 4.79 Å². The summed E-state index contributed by atoms with van der Waals surface area (Å²) in [5.41, 5.74) is 0.302. The van der Waals surface area contributed by atoms with E-state index < -0.39 is 11.8 Å². The predicted molar refractivity (Wildman–Crippen MR) is 70.2 cm³/mol. The van der Waals surface area contributed by atoms with Crippen molar-refractivity contribution in [2.24, 2.45) is 0 Å². The summed E-state index contributed by atoms with van der Waals surface area (Å²) in [4.78, 5) is 22.4. The van der Waals surface area contributed by atoms with Crippen LogP contribution in [0.3, 0.4) is 0 Å². The van der Waals surface area contributed by atoms with E-state index in [0.29, 0.717) is 6.41 Å². The van der Waals surface area contributed by atoms with E-state index in [2.05, 4.69) is 10.6 Å². The molecular formula is C14H18N2O3. The highest BCUT2D eigenvalue weighted by molar-refractivity contribution is 5.69. The number of alkyl carbamates (subject to hydrolysis) is 1. The Morgan fingerprint density at radius 1 is 1.26 bits per heavy atom. The molecule has 0 aliphatic heterocycles. The summed E-state index contributed by atoms with van der Waals surface area (Å²) in [5.74, 6) is 0. The number of amides is 2. The van der Waals surface area contributed by atoms with Crippen LogP contribution in [0.1, 0.15) is 31.2 Å². The van der Waals surface area contributed by atoms with E-state index in [9.17, 15) is 9.59 Å². The van der Waals surface area contributed by atoms with Crippen molar-refractivity contribution >= 4 is 12.5 Å². The summed E-state index contributed by atoms with van der Waals surface area (Å²) in [5, 5.41) is 5.45. The molecule has 0 radical (unpaired) electrons. The van der Waals surface area contributed by atoms with Gasteiger partial charge in [0, 0.05) is 0 Å². The number of ether oxygens (including phenoxy) is 1. The summed E-state index contributed by atoms with van der Waals surface area (Å²) >= 11 is 0. The van der Waals surface area contributed by atoms with E-state index in [1.54, 1.807) is 0 Å². The number of carbonyl (C=O) groups is 2. The summed E-state index contributed by atoms with van der Waals surface area (Å²) < 4.78 is 5.16. The average molecular weight is 262 g/mol. The lowest BCUT2D eigenvalue weighted by atomic mass is 10.1. The zero-order valence-corrected chi connectivity index (χ0v) is 10.7. The molecule has 19 heavy (non-hydrogen) atoms. The molecule has 0 heterocycles. The van der Waals surface area contributed by atoms with E-state index in [1.807, 2.05) is 30.3 Å². The van der Waals surface area contributed by atoms with E-state index in [-0.39, 0.29) is 6.61 Å². The number of benzene rings is 1. The van der Waals surface area contributed by atoms with E-state index in [4.69, 9.17) is 4.74 Å². The molecule has 2 rings (SSSR count). The van der Waals surface area contributed by atoms with Crippen molar-refractivity contribution in [1.82, 2.24) is 10.6 Å². The molecular weight excluding hydrogens is 244 g/mol. The Kier molecular flexibility index (Phi) is 4.39. The number of hydrogen-bond donors (Lipinski definition) is 2. The Hall–Kier alpha value is -2.04. The Balaban J connectivity index is 1.84. The molecule has 0 aromatic heterocycles. The standard InChI is InChI=1S/C14H18N2O3/c17-11-15-14(8-4-5-9-14)16-13(18)19-10-12-6-2-1-3-7-12/h1-3,6-7,11H,4-5,8-10H2,(H,15,17)(H,16,18). The molecule has 0 bridgehead atoms. The lowest BCUT2D eigenvalue weighted by Crippen LogP contribution is -2.56. The first-order valence-corrected chi connectivity index (χ1v) is 6.44. The fraction of sp³-hybridized carbons (Fsp3) is 0.429. The van der Waals surface area contributed by atoms with Gasteiger partial charge in [0.05, 0.1) is 0 Å². The van der Waals surface area contributed by atoms with Gasteiger partial charge in [0.2, 0.25) is 6.41 Å². The minimum absolute atomic E-state index is 0.226. The fourth-order valence-electron chi connectivity index (χ4n) is 2.35. The molecule has 5 nitrogen and oxygen atoms in total. The van der Waals surface area contributed by atoms with Gasteiger partial charge in [0.25, 0.3) is 0 Å². The monoisotopic (exact) mass is 262 g/mol. The van der Waals surface area contributed by atoms with Crippen molar-refractivity contribution in [2.45, 2.75) is 38.0 Å². The number of nitrogens with one attached hydrogen (secondary N) is 2. The molecule has 1 saturated carbocycles. The summed E-state index contributed by atoms with van der Waals surface area (Å²) in [6, 6.07) is 9.47. The van der Waals surface area contributed by atoms with Crippen molar-refractivity contribution in [1.29, 1.82) is 0 Å². The van der Waals surface area contributed by atoms with Crippen LogP contribution in [0.5, 0.6) is 0 Å². The van der Waals surface area contributed by atoms with Gasteiger partial charge in [-0.15, -0.1) is 0 Å². The molecule has 1 aliphatic rings. The smallest absolute Gasteiger partial charge is 0.409 e. The topological polar surface area (TPSA) is 67.4 Å². The third-order valence-corrected chi connectivity index (χ3v) is 3.35. The molecule has 102 valence electrons. The normalized spacial score (nSPS) is 16.6. The molecule has 1 aromatic carbocycles. The van der Waals surface area contributed by atoms with Crippen molar-refractivity contribution in [3.05, 3.63) is 35.9 Å². The van der Waals surface area contributed by atoms with E-state index >= 15 is 0 Å². The molecule has 0 saturated heterocycles. The van der Waals surface area contributed by atoms with Crippen LogP contribution in [-0.4, -0.2) is 18.2 Å². The van der Waals surface area contributed by atoms with Gasteiger partial charge in [0.15, 0.2) is 0 Å². The van der Waals surface area contributed by atoms with Gasteiger partial charge in [-0.05, 0) is 31.2 Å². The molecule has 1 aliphatic carbocycles. The maximum absolute atomic E-state index is 11.8. The van der Waals surface area contributed by atoms with Crippen LogP contribution in [0.15, 0.2) is 30.3 Å². The zero-order chi connectivity index (χ0) is 13.6. The third-order valence-electron chi connectivity index (χ3n) is 3.35. The van der Waals surface area contributed by atoms with Crippen LogP contribution in [0.25, 0.3) is 0 Å². The minimum atomic E-state index is -0.629. The Labute approximate surface area is 112 Å². The first kappa shape index (κ1) is 13.4. The largest absolute Gasteiger partial charge is 0.445 e. The van der Waals surface area contributed by atoms with Gasteiger partial charge in [-0.2, -0.15) is 0 Å². The number of rotatable bonds is 5. The van der Waals surface area contributed by atoms with Crippen LogP contribution in [0, 0.1) is 0 Å². The molecule has 2 amide bonds. The summed E-state index contributed by atoms with van der Waals surface area (Å²) in [6.07, 6.45) is 3.58. The van der Waals surface area contributed by atoms with Gasteiger partial charge >= 0.3 is 6.09 Å².